The van der Waals surface area contributed by atoms with Crippen LogP contribution in [-0.2, 0) is 11.2 Å². The Morgan fingerprint density at radius 3 is 2.71 bits per heavy atom. The molecule has 0 aliphatic carbocycles. The van der Waals surface area contributed by atoms with Crippen LogP contribution in [0, 0.1) is 11.6 Å². The third kappa shape index (κ3) is 5.60. The summed E-state index contributed by atoms with van der Waals surface area (Å²) in [5.41, 5.74) is 1.51. The van der Waals surface area contributed by atoms with Crippen molar-refractivity contribution in [1.29, 1.82) is 0 Å². The fraction of sp³-hybridized carbons (Fsp3) is 0.200. The predicted octanol–water partition coefficient (Wildman–Crippen LogP) is 4.49. The molecule has 8 nitrogen and oxygen atoms in total. The number of benzene rings is 2. The number of anilines is 1. The largest absolute Gasteiger partial charge is 0.490 e. The van der Waals surface area contributed by atoms with Crippen LogP contribution in [0.15, 0.2) is 55.0 Å². The molecule has 0 amide bonds. The Bertz CT molecular complexity index is 1370. The lowest BCUT2D eigenvalue weighted by atomic mass is 10.1. The van der Waals surface area contributed by atoms with E-state index >= 15 is 0 Å². The first-order valence-corrected chi connectivity index (χ1v) is 10.9. The van der Waals surface area contributed by atoms with Crippen LogP contribution >= 0.6 is 0 Å². The molecule has 4 aromatic rings. The highest BCUT2D eigenvalue weighted by Gasteiger charge is 2.15. The molecule has 10 heteroatoms. The topological polar surface area (TPSA) is 106 Å². The number of hydrogen-bond acceptors (Lipinski definition) is 7. The predicted molar refractivity (Wildman–Crippen MR) is 126 cm³/mol. The van der Waals surface area contributed by atoms with E-state index in [0.29, 0.717) is 35.2 Å². The number of fused-ring (bicyclic) bond motifs is 1. The highest BCUT2D eigenvalue weighted by molar-refractivity contribution is 5.80. The summed E-state index contributed by atoms with van der Waals surface area (Å²) >= 11 is 0. The van der Waals surface area contributed by atoms with Crippen molar-refractivity contribution < 1.29 is 28.2 Å². The Morgan fingerprint density at radius 1 is 1.06 bits per heavy atom. The summed E-state index contributed by atoms with van der Waals surface area (Å²) in [4.78, 5) is 23.3. The number of nitrogens with zero attached hydrogens (tertiary/aromatic N) is 3. The molecular weight excluding hydrogens is 458 g/mol. The van der Waals surface area contributed by atoms with Gasteiger partial charge in [0.05, 0.1) is 17.8 Å². The molecule has 0 bridgehead atoms. The van der Waals surface area contributed by atoms with Gasteiger partial charge in [0.2, 0.25) is 0 Å². The molecule has 0 unspecified atom stereocenters. The van der Waals surface area contributed by atoms with Gasteiger partial charge in [0.25, 0.3) is 0 Å². The first kappa shape index (κ1) is 23.8. The fourth-order valence-electron chi connectivity index (χ4n) is 3.54. The Hall–Kier alpha value is -4.34. The summed E-state index contributed by atoms with van der Waals surface area (Å²) in [6, 6.07) is 11.1. The van der Waals surface area contributed by atoms with E-state index in [1.807, 2.05) is 0 Å². The van der Waals surface area contributed by atoms with Crippen molar-refractivity contribution in [1.82, 2.24) is 15.0 Å². The van der Waals surface area contributed by atoms with E-state index in [-0.39, 0.29) is 29.4 Å². The minimum absolute atomic E-state index is 0.0226. The van der Waals surface area contributed by atoms with Gasteiger partial charge in [-0.15, -0.1) is 0 Å². The van der Waals surface area contributed by atoms with E-state index in [1.165, 1.54) is 18.6 Å². The van der Waals surface area contributed by atoms with Gasteiger partial charge >= 0.3 is 5.97 Å². The second-order valence-corrected chi connectivity index (χ2v) is 7.46. The molecule has 0 atom stereocenters. The Labute approximate surface area is 199 Å². The van der Waals surface area contributed by atoms with Gasteiger partial charge < -0.3 is 19.9 Å². The minimum Gasteiger partial charge on any atom is -0.490 e. The quantitative estimate of drug-likeness (QED) is 0.342. The maximum Gasteiger partial charge on any atom is 0.341 e. The molecular formula is C25H22F2N4O4. The maximum atomic E-state index is 14.8. The molecule has 0 spiro atoms. The minimum atomic E-state index is -1.09. The summed E-state index contributed by atoms with van der Waals surface area (Å²) in [5, 5.41) is 12.2. The molecule has 180 valence electrons. The van der Waals surface area contributed by atoms with Gasteiger partial charge in [0, 0.05) is 41.4 Å². The molecule has 2 heterocycles. The highest BCUT2D eigenvalue weighted by Crippen LogP contribution is 2.32. The van der Waals surface area contributed by atoms with Crippen molar-refractivity contribution >= 4 is 22.7 Å². The van der Waals surface area contributed by atoms with Crippen molar-refractivity contribution in [2.24, 2.45) is 0 Å². The van der Waals surface area contributed by atoms with E-state index in [2.05, 4.69) is 20.3 Å². The van der Waals surface area contributed by atoms with Crippen LogP contribution in [0.3, 0.4) is 0 Å². The average molecular weight is 480 g/mol. The Balaban J connectivity index is 1.48. The summed E-state index contributed by atoms with van der Waals surface area (Å²) in [6.07, 6.45) is 2.96. The number of carbonyl (C=O) groups is 1. The number of carboxylic acids is 1. The van der Waals surface area contributed by atoms with Gasteiger partial charge in [0.1, 0.15) is 23.8 Å². The molecule has 0 fully saturated rings. The molecule has 0 aliphatic rings. The van der Waals surface area contributed by atoms with Gasteiger partial charge in [-0.1, -0.05) is 0 Å². The molecule has 35 heavy (non-hydrogen) atoms. The molecule has 4 rings (SSSR count). The molecule has 0 aliphatic heterocycles. The third-order valence-electron chi connectivity index (χ3n) is 5.13. The lowest BCUT2D eigenvalue weighted by Gasteiger charge is -2.13. The number of carboxylic acid groups (broad SMARTS) is 1. The van der Waals surface area contributed by atoms with E-state index < -0.39 is 24.2 Å². The molecule has 0 saturated carbocycles. The first-order valence-electron chi connectivity index (χ1n) is 10.9. The van der Waals surface area contributed by atoms with Crippen LogP contribution in [0.2, 0.25) is 0 Å². The van der Waals surface area contributed by atoms with E-state index in [1.54, 1.807) is 43.3 Å². The molecule has 2 aromatic carbocycles. The van der Waals surface area contributed by atoms with Crippen LogP contribution in [-0.4, -0.2) is 45.8 Å². The number of nitrogens with one attached hydrogen (secondary N) is 1. The van der Waals surface area contributed by atoms with Crippen molar-refractivity contribution in [3.05, 3.63) is 72.2 Å². The standard InChI is InChI=1S/C25H22F2N4O4/c1-2-34-22-10-15(5-6-21(22)35-13-24(32)33)19-12-23(31-14-30-19)29-9-7-16-18(26)11-20-17(25(16)27)4-3-8-28-20/h3-6,8,10-12,14H,2,7,9,13H2,1H3,(H,32,33)(H,29,30,31). The number of aliphatic carboxylic acids is 1. The number of ether oxygens (including phenoxy) is 2. The zero-order valence-electron chi connectivity index (χ0n) is 18.8. The Morgan fingerprint density at radius 2 is 1.91 bits per heavy atom. The zero-order chi connectivity index (χ0) is 24.8. The summed E-state index contributed by atoms with van der Waals surface area (Å²) in [6.45, 7) is 1.91. The second kappa shape index (κ2) is 10.7. The van der Waals surface area contributed by atoms with Gasteiger partial charge in [0.15, 0.2) is 18.1 Å². The normalized spacial score (nSPS) is 10.8. The number of hydrogen-bond donors (Lipinski definition) is 2. The zero-order valence-corrected chi connectivity index (χ0v) is 18.8. The lowest BCUT2D eigenvalue weighted by Crippen LogP contribution is -2.10. The second-order valence-electron chi connectivity index (χ2n) is 7.46. The van der Waals surface area contributed by atoms with Gasteiger partial charge in [-0.05, 0) is 43.7 Å². The first-order chi connectivity index (χ1) is 17.0. The smallest absolute Gasteiger partial charge is 0.341 e. The van der Waals surface area contributed by atoms with Crippen molar-refractivity contribution in [3.8, 4) is 22.8 Å². The molecule has 2 N–H and O–H groups in total. The van der Waals surface area contributed by atoms with Gasteiger partial charge in [-0.3, -0.25) is 4.98 Å². The number of rotatable bonds is 10. The number of aromatic nitrogens is 3. The van der Waals surface area contributed by atoms with Crippen molar-refractivity contribution in [2.75, 3.05) is 25.1 Å². The van der Waals surface area contributed by atoms with Crippen LogP contribution in [0.1, 0.15) is 12.5 Å². The fourth-order valence-corrected chi connectivity index (χ4v) is 3.54. The lowest BCUT2D eigenvalue weighted by molar-refractivity contribution is -0.139. The summed E-state index contributed by atoms with van der Waals surface area (Å²) < 4.78 is 40.1. The van der Waals surface area contributed by atoms with E-state index in [0.717, 1.165) is 0 Å². The van der Waals surface area contributed by atoms with E-state index in [4.69, 9.17) is 14.6 Å². The Kier molecular flexibility index (Phi) is 7.30. The SMILES string of the molecule is CCOc1cc(-c2cc(NCCc3c(F)cc4ncccc4c3F)ncn2)ccc1OCC(=O)O. The van der Waals surface area contributed by atoms with Gasteiger partial charge in [-0.25, -0.2) is 23.5 Å². The van der Waals surface area contributed by atoms with Crippen molar-refractivity contribution in [2.45, 2.75) is 13.3 Å². The van der Waals surface area contributed by atoms with Crippen LogP contribution in [0.4, 0.5) is 14.6 Å². The van der Waals surface area contributed by atoms with Crippen LogP contribution in [0.25, 0.3) is 22.2 Å². The summed E-state index contributed by atoms with van der Waals surface area (Å²) in [5.74, 6) is -1.19. The highest BCUT2D eigenvalue weighted by atomic mass is 19.1. The monoisotopic (exact) mass is 480 g/mol. The number of halogens is 2. The molecule has 0 radical (unpaired) electrons. The molecule has 0 saturated heterocycles. The average Bonchev–Trinajstić information content (AvgIpc) is 2.85. The van der Waals surface area contributed by atoms with Gasteiger partial charge in [-0.2, -0.15) is 0 Å². The summed E-state index contributed by atoms with van der Waals surface area (Å²) in [7, 11) is 0. The molecule has 2 aromatic heterocycles. The van der Waals surface area contributed by atoms with Crippen LogP contribution < -0.4 is 14.8 Å². The number of pyridine rings is 1. The maximum absolute atomic E-state index is 14.8. The van der Waals surface area contributed by atoms with E-state index in [9.17, 15) is 13.6 Å². The third-order valence-corrected chi connectivity index (χ3v) is 5.13. The van der Waals surface area contributed by atoms with Crippen LogP contribution in [0.5, 0.6) is 11.5 Å². The van der Waals surface area contributed by atoms with Crippen molar-refractivity contribution in [3.63, 3.8) is 0 Å².